The smallest absolute Gasteiger partial charge is 0.231 e. The quantitative estimate of drug-likeness (QED) is 0.0477. The van der Waals surface area contributed by atoms with Gasteiger partial charge in [-0.1, -0.05) is 27.7 Å². The summed E-state index contributed by atoms with van der Waals surface area (Å²) in [5.74, 6) is -3.16. The third-order valence-corrected chi connectivity index (χ3v) is 8.80. The van der Waals surface area contributed by atoms with Gasteiger partial charge in [0.05, 0.1) is 9.16 Å². The van der Waals surface area contributed by atoms with E-state index in [2.05, 4.69) is 50.5 Å². The molecule has 8 nitrogen and oxygen atoms in total. The maximum absolute atomic E-state index is 14.4. The first-order chi connectivity index (χ1) is 19.4. The predicted molar refractivity (Wildman–Crippen MR) is 179 cm³/mol. The number of rotatable bonds is 5. The molecule has 12 heteroatoms. The lowest BCUT2D eigenvalue weighted by Crippen LogP contribution is -2.38. The maximum atomic E-state index is 14.4. The van der Waals surface area contributed by atoms with Crippen LogP contribution in [0.2, 0.25) is 0 Å². The number of hydrogen-bond donors (Lipinski definition) is 8. The zero-order valence-corrected chi connectivity index (χ0v) is 27.1. The van der Waals surface area contributed by atoms with Crippen molar-refractivity contribution in [3.05, 3.63) is 74.3 Å². The summed E-state index contributed by atoms with van der Waals surface area (Å²) in [5.41, 5.74) is -5.14. The third kappa shape index (κ3) is 4.40. The Labute approximate surface area is 262 Å². The topological polar surface area (TPSA) is 149 Å². The van der Waals surface area contributed by atoms with Crippen molar-refractivity contribution < 1.29 is 20.4 Å². The van der Waals surface area contributed by atoms with Gasteiger partial charge in [-0.05, 0) is 25.7 Å². The molecule has 42 heavy (non-hydrogen) atoms. The van der Waals surface area contributed by atoms with Gasteiger partial charge in [0, 0.05) is 66.4 Å². The zero-order chi connectivity index (χ0) is 31.9. The monoisotopic (exact) mass is 646 g/mol. The molecule has 0 aromatic heterocycles. The van der Waals surface area contributed by atoms with Gasteiger partial charge < -0.3 is 20.4 Å². The van der Waals surface area contributed by atoms with Crippen molar-refractivity contribution in [3.8, 4) is 45.3 Å². The average Bonchev–Trinajstić information content (AvgIpc) is 2.88. The maximum Gasteiger partial charge on any atom is 0.231 e. The Morgan fingerprint density at radius 2 is 0.881 bits per heavy atom. The fourth-order valence-corrected chi connectivity index (χ4v) is 6.88. The number of aromatic hydroxyl groups is 4. The van der Waals surface area contributed by atoms with Gasteiger partial charge in [0.25, 0.3) is 0 Å². The summed E-state index contributed by atoms with van der Waals surface area (Å²) in [6.07, 6.45) is 0. The Morgan fingerprint density at radius 3 is 1.36 bits per heavy atom. The normalized spacial score (nSPS) is 12.2. The van der Waals surface area contributed by atoms with E-state index in [1.807, 2.05) is 0 Å². The van der Waals surface area contributed by atoms with Crippen LogP contribution in [-0.4, -0.2) is 20.4 Å². The second-order valence-corrected chi connectivity index (χ2v) is 13.8. The Morgan fingerprint density at radius 1 is 0.452 bits per heavy atom. The molecular weight excluding hydrogens is 617 g/mol. The van der Waals surface area contributed by atoms with Gasteiger partial charge in [-0.3, -0.25) is 19.2 Å². The van der Waals surface area contributed by atoms with Crippen LogP contribution in [0.5, 0.6) is 23.0 Å². The number of thiol groups is 4. The first-order valence-electron chi connectivity index (χ1n) is 13.0. The van der Waals surface area contributed by atoms with Crippen LogP contribution in [0, 0.1) is 13.8 Å². The first-order valence-corrected chi connectivity index (χ1v) is 15.0. The van der Waals surface area contributed by atoms with Gasteiger partial charge >= 0.3 is 0 Å². The summed E-state index contributed by atoms with van der Waals surface area (Å²) in [5, 5.41) is 45.1. The van der Waals surface area contributed by atoms with Crippen LogP contribution >= 0.6 is 50.5 Å². The van der Waals surface area contributed by atoms with Crippen LogP contribution < -0.4 is 21.7 Å². The molecule has 0 unspecified atom stereocenters. The molecule has 222 valence electrons. The molecule has 2 aliphatic rings. The average molecular weight is 647 g/mol. The predicted octanol–water partition coefficient (Wildman–Crippen LogP) is 5.33. The largest absolute Gasteiger partial charge is 0.507 e. The summed E-state index contributed by atoms with van der Waals surface area (Å²) in [6.45, 7) is 9.45. The Kier molecular flexibility index (Phi) is 8.44. The minimum absolute atomic E-state index is 0.00603. The molecule has 2 aliphatic carbocycles. The highest BCUT2D eigenvalue weighted by molar-refractivity contribution is 7.98. The summed E-state index contributed by atoms with van der Waals surface area (Å²) in [4.78, 5) is 54.6. The van der Waals surface area contributed by atoms with Crippen molar-refractivity contribution in [1.82, 2.24) is 0 Å². The molecule has 0 aliphatic heterocycles. The lowest BCUT2D eigenvalue weighted by Gasteiger charge is -2.25. The van der Waals surface area contributed by atoms with Gasteiger partial charge in [0.15, 0.2) is 22.4 Å². The Hall–Kier alpha value is -2.80. The van der Waals surface area contributed by atoms with Crippen molar-refractivity contribution in [2.45, 2.75) is 62.5 Å². The molecular formula is C30H30O8S4. The van der Waals surface area contributed by atoms with E-state index >= 15 is 0 Å². The molecule has 0 fully saturated rings. The van der Waals surface area contributed by atoms with E-state index in [9.17, 15) is 39.6 Å². The van der Waals surface area contributed by atoms with Crippen molar-refractivity contribution in [2.24, 2.45) is 0 Å². The number of phenolic OH excluding ortho intramolecular Hbond substituents is 4. The van der Waals surface area contributed by atoms with Gasteiger partial charge in [-0.2, -0.15) is 50.5 Å². The molecule has 4 rings (SSSR count). The van der Waals surface area contributed by atoms with E-state index in [0.29, 0.717) is 0 Å². The van der Waals surface area contributed by atoms with E-state index in [-0.39, 0.29) is 66.4 Å². The number of hydrogen-bond acceptors (Lipinski definition) is 12. The summed E-state index contributed by atoms with van der Waals surface area (Å²) in [6, 6.07) is 0. The van der Waals surface area contributed by atoms with E-state index in [4.69, 9.17) is 0 Å². The fourth-order valence-electron chi connectivity index (χ4n) is 5.89. The SMILES string of the molecule is Cc1c(-c2c(C)c(=O)c3c(C(C)C)c(=O)c(=O)c(C(S)S)c-3c2=O)c(O)c2c(C(S)S)c(O)c(O)c(C(C)C)c2c1O. The second-order valence-electron chi connectivity index (χ2n) is 10.9. The molecule has 0 heterocycles. The third-order valence-electron chi connectivity index (χ3n) is 7.77. The van der Waals surface area contributed by atoms with E-state index in [1.54, 1.807) is 27.7 Å². The molecule has 0 saturated carbocycles. The molecule has 4 N–H and O–H groups in total. The summed E-state index contributed by atoms with van der Waals surface area (Å²) >= 11 is 17.0. The van der Waals surface area contributed by atoms with Gasteiger partial charge in [0.2, 0.25) is 10.9 Å². The highest BCUT2D eigenvalue weighted by Gasteiger charge is 2.35. The minimum atomic E-state index is -1.19. The van der Waals surface area contributed by atoms with Crippen LogP contribution in [0.3, 0.4) is 0 Å². The summed E-state index contributed by atoms with van der Waals surface area (Å²) in [7, 11) is 0. The minimum Gasteiger partial charge on any atom is -0.507 e. The molecule has 2 aromatic carbocycles. The number of phenols is 4. The van der Waals surface area contributed by atoms with E-state index in [0.717, 1.165) is 0 Å². The molecule has 0 atom stereocenters. The van der Waals surface area contributed by atoms with E-state index < -0.39 is 65.7 Å². The van der Waals surface area contributed by atoms with Gasteiger partial charge in [-0.15, -0.1) is 0 Å². The van der Waals surface area contributed by atoms with Crippen LogP contribution in [0.1, 0.15) is 82.1 Å². The molecule has 0 radical (unpaired) electrons. The van der Waals surface area contributed by atoms with Gasteiger partial charge in [0.1, 0.15) is 11.5 Å². The van der Waals surface area contributed by atoms with Crippen LogP contribution in [-0.2, 0) is 0 Å². The zero-order valence-electron chi connectivity index (χ0n) is 23.5. The lowest BCUT2D eigenvalue weighted by molar-refractivity contribution is 0.395. The molecule has 0 spiro atoms. The van der Waals surface area contributed by atoms with Crippen LogP contribution in [0.15, 0.2) is 19.2 Å². The summed E-state index contributed by atoms with van der Waals surface area (Å²) < 4.78 is -2.25. The lowest BCUT2D eigenvalue weighted by atomic mass is 9.80. The Bertz CT molecular complexity index is 1990. The number of fused-ring (bicyclic) bond motifs is 2. The second kappa shape index (κ2) is 11.0. The molecule has 0 bridgehead atoms. The molecule has 2 aromatic rings. The first kappa shape index (κ1) is 32.1. The molecule has 0 saturated heterocycles. The van der Waals surface area contributed by atoms with Crippen molar-refractivity contribution in [3.63, 3.8) is 0 Å². The Balaban J connectivity index is 2.42. The van der Waals surface area contributed by atoms with Crippen molar-refractivity contribution in [1.29, 1.82) is 0 Å². The van der Waals surface area contributed by atoms with Gasteiger partial charge in [-0.25, -0.2) is 0 Å². The fraction of sp³-hybridized carbons (Fsp3) is 0.333. The standard InChI is InChI=1S/C30H30O8S4/c1-7(2)11-15-17(19(29(39)40)27(37)25(11)35)23(33)13(9(5)21(15)31)14-10(6)22(32)16-12(8(3)4)26(36)28(38)20(30(41)42)18(16)24(14)34/h7-8,29-31,33,35,37,39-42H,1-6H3. The van der Waals surface area contributed by atoms with Crippen molar-refractivity contribution in [2.75, 3.05) is 0 Å². The highest BCUT2D eigenvalue weighted by Crippen LogP contribution is 2.56. The highest BCUT2D eigenvalue weighted by atomic mass is 32.2. The van der Waals surface area contributed by atoms with Crippen molar-refractivity contribution >= 4 is 61.3 Å². The van der Waals surface area contributed by atoms with E-state index in [1.165, 1.54) is 13.8 Å². The number of benzene rings is 4. The van der Waals surface area contributed by atoms with Crippen LogP contribution in [0.25, 0.3) is 33.0 Å². The van der Waals surface area contributed by atoms with Crippen LogP contribution in [0.4, 0.5) is 0 Å². The molecule has 0 amide bonds.